The molecule has 1 amide bonds. The molecule has 4 heterocycles. The fourth-order valence-corrected chi connectivity index (χ4v) is 12.9. The summed E-state index contributed by atoms with van der Waals surface area (Å²) in [4.78, 5) is 14.0. The van der Waals surface area contributed by atoms with Gasteiger partial charge >= 0.3 is 0 Å². The van der Waals surface area contributed by atoms with Gasteiger partial charge in [0.25, 0.3) is 14.4 Å². The molecule has 4 aliphatic heterocycles. The first-order chi connectivity index (χ1) is 20.3. The summed E-state index contributed by atoms with van der Waals surface area (Å²) in [5.41, 5.74) is 0.591. The highest BCUT2D eigenvalue weighted by Gasteiger charge is 2.54. The van der Waals surface area contributed by atoms with Gasteiger partial charge in [0.2, 0.25) is 0 Å². The van der Waals surface area contributed by atoms with Gasteiger partial charge in [-0.1, -0.05) is 91.1 Å². The van der Waals surface area contributed by atoms with Gasteiger partial charge in [-0.2, -0.15) is 0 Å². The maximum absolute atomic E-state index is 12.2. The van der Waals surface area contributed by atoms with Gasteiger partial charge in [0, 0.05) is 31.5 Å². The summed E-state index contributed by atoms with van der Waals surface area (Å²) < 4.78 is 28.9. The predicted molar refractivity (Wildman–Crippen MR) is 168 cm³/mol. The Balaban J connectivity index is 1.24. The molecule has 1 N–H and O–H groups in total. The number of carbonyl (C=O) groups excluding carboxylic acids is 1. The number of benzene rings is 2. The number of ether oxygens (including phenoxy) is 2. The second kappa shape index (κ2) is 12.3. The molecule has 6 rings (SSSR count). The maximum Gasteiger partial charge on any atom is 0.259 e. The lowest BCUT2D eigenvalue weighted by atomic mass is 10.1. The Hall–Kier alpha value is -2.36. The van der Waals surface area contributed by atoms with Gasteiger partial charge in [0.05, 0.1) is 12.2 Å². The van der Waals surface area contributed by atoms with E-state index in [0.29, 0.717) is 17.4 Å². The zero-order chi connectivity index (χ0) is 29.4. The number of methoxy groups -OCH3 is 1. The van der Waals surface area contributed by atoms with Gasteiger partial charge in [-0.05, 0) is 32.2 Å². The van der Waals surface area contributed by atoms with E-state index in [9.17, 15) is 4.79 Å². The average Bonchev–Trinajstić information content (AvgIpc) is 3.71. The summed E-state index contributed by atoms with van der Waals surface area (Å²) in [6, 6.07) is 23.3. The normalized spacial score (nSPS) is 31.8. The zero-order valence-corrected chi connectivity index (χ0v) is 26.8. The first-order valence-electron chi connectivity index (χ1n) is 15.0. The molecule has 10 heteroatoms. The molecule has 224 valence electrons. The molecule has 3 saturated heterocycles. The van der Waals surface area contributed by atoms with Crippen molar-refractivity contribution in [3.8, 4) is 0 Å². The van der Waals surface area contributed by atoms with Crippen LogP contribution in [0.15, 0.2) is 84.8 Å². The van der Waals surface area contributed by atoms with Crippen LogP contribution in [0.1, 0.15) is 33.1 Å². The number of nitrogens with zero attached hydrogens (tertiary/aromatic N) is 2. The van der Waals surface area contributed by atoms with Gasteiger partial charge in [0.1, 0.15) is 26.1 Å². The lowest BCUT2D eigenvalue weighted by Gasteiger charge is -2.35. The minimum atomic E-state index is -2.10. The van der Waals surface area contributed by atoms with Crippen molar-refractivity contribution in [3.05, 3.63) is 84.8 Å². The van der Waals surface area contributed by atoms with Crippen molar-refractivity contribution in [3.63, 3.8) is 0 Å². The van der Waals surface area contributed by atoms with Gasteiger partial charge < -0.3 is 28.7 Å². The van der Waals surface area contributed by atoms with E-state index in [1.807, 2.05) is 4.90 Å². The predicted octanol–water partition coefficient (Wildman–Crippen LogP) is 4.31. The number of amides is 1. The van der Waals surface area contributed by atoms with Crippen LogP contribution in [-0.2, 0) is 23.3 Å². The van der Waals surface area contributed by atoms with Crippen molar-refractivity contribution < 1.29 is 23.3 Å². The molecule has 4 aliphatic rings. The van der Waals surface area contributed by atoms with E-state index in [1.165, 1.54) is 10.4 Å². The molecule has 0 bridgehead atoms. The molecule has 0 saturated carbocycles. The van der Waals surface area contributed by atoms with Crippen LogP contribution in [-0.4, -0.2) is 73.9 Å². The molecule has 7 atom stereocenters. The van der Waals surface area contributed by atoms with Crippen molar-refractivity contribution in [2.75, 3.05) is 13.7 Å². The summed E-state index contributed by atoms with van der Waals surface area (Å²) in [5.74, 6) is 0.320. The second-order valence-corrected chi connectivity index (χ2v) is 17.5. The van der Waals surface area contributed by atoms with Crippen LogP contribution in [0.4, 0.5) is 0 Å². The van der Waals surface area contributed by atoms with E-state index in [4.69, 9.17) is 18.5 Å². The molecule has 0 spiro atoms. The SMILES string of the molecule is C=C1NC(=O)C(C)=CN1[C@@H]1O[C@H](CC)[C@H](O[P@@]2O[C@H](C[Si](C)(c3ccccc3)c3ccccc3)[C@@H]3CCCN32)C1OC. The first kappa shape index (κ1) is 29.7. The second-order valence-electron chi connectivity index (χ2n) is 11.9. The van der Waals surface area contributed by atoms with E-state index in [0.717, 1.165) is 31.9 Å². The summed E-state index contributed by atoms with van der Waals surface area (Å²) in [5, 5.41) is 5.68. The molecule has 42 heavy (non-hydrogen) atoms. The van der Waals surface area contributed by atoms with Crippen molar-refractivity contribution in [1.82, 2.24) is 14.9 Å². The van der Waals surface area contributed by atoms with Crippen molar-refractivity contribution in [2.24, 2.45) is 0 Å². The minimum absolute atomic E-state index is 0.0950. The third-order valence-corrected chi connectivity index (χ3v) is 15.5. The van der Waals surface area contributed by atoms with Crippen molar-refractivity contribution in [1.29, 1.82) is 0 Å². The highest BCUT2D eigenvalue weighted by atomic mass is 31.2. The van der Waals surface area contributed by atoms with Gasteiger partial charge in [-0.3, -0.25) is 4.79 Å². The number of carbonyl (C=O) groups is 1. The van der Waals surface area contributed by atoms with Crippen molar-refractivity contribution >= 4 is 32.9 Å². The van der Waals surface area contributed by atoms with E-state index >= 15 is 0 Å². The fourth-order valence-electron chi connectivity index (χ4n) is 6.89. The van der Waals surface area contributed by atoms with E-state index in [1.54, 1.807) is 20.2 Å². The van der Waals surface area contributed by atoms with E-state index < -0.39 is 22.8 Å². The Morgan fingerprint density at radius 3 is 2.36 bits per heavy atom. The molecular formula is C32H42N3O5PSi. The highest BCUT2D eigenvalue weighted by molar-refractivity contribution is 7.45. The summed E-state index contributed by atoms with van der Waals surface area (Å²) >= 11 is 0. The molecular weight excluding hydrogens is 565 g/mol. The Kier molecular flexibility index (Phi) is 8.71. The van der Waals surface area contributed by atoms with Crippen LogP contribution in [0.5, 0.6) is 0 Å². The summed E-state index contributed by atoms with van der Waals surface area (Å²) in [6.07, 6.45) is 3.56. The topological polar surface area (TPSA) is 72.5 Å². The standard InChI is InChI=1S/C32H42N3O5PSi/c1-6-27-29(30(37-4)32(38-27)34-20-22(2)31(36)33-23(34)3)40-41-35-19-13-18-26(35)28(39-41)21-42(5,24-14-9-7-10-15-24)25-16-11-8-12-17-25/h7-12,14-17,20,26-30,32H,3,6,13,18-19,21H2,1-2,4-5H3,(H,33,36)/t26-,27+,28+,29-,30?,32+,41+/m0/s1. The van der Waals surface area contributed by atoms with E-state index in [2.05, 4.69) is 90.7 Å². The number of hydrogen-bond donors (Lipinski definition) is 1. The number of fused-ring (bicyclic) bond motifs is 1. The average molecular weight is 608 g/mol. The molecule has 3 fully saturated rings. The monoisotopic (exact) mass is 607 g/mol. The summed E-state index contributed by atoms with van der Waals surface area (Å²) in [6.45, 7) is 11.4. The third-order valence-electron chi connectivity index (χ3n) is 9.27. The fraction of sp³-hybridized carbons (Fsp3) is 0.469. The van der Waals surface area contributed by atoms with Gasteiger partial charge in [-0.15, -0.1) is 0 Å². The molecule has 2 aromatic carbocycles. The quantitative estimate of drug-likeness (QED) is 0.337. The van der Waals surface area contributed by atoms with Gasteiger partial charge in [-0.25, -0.2) is 4.67 Å². The Morgan fingerprint density at radius 1 is 1.07 bits per heavy atom. The van der Waals surface area contributed by atoms with Crippen LogP contribution in [0.25, 0.3) is 0 Å². The minimum Gasteiger partial charge on any atom is -0.374 e. The lowest BCUT2D eigenvalue weighted by molar-refractivity contribution is -0.119. The molecule has 8 nitrogen and oxygen atoms in total. The maximum atomic E-state index is 12.2. The Bertz CT molecular complexity index is 1270. The molecule has 2 aromatic rings. The molecule has 0 aromatic heterocycles. The van der Waals surface area contributed by atoms with Crippen LogP contribution in [0.2, 0.25) is 12.6 Å². The Labute approximate surface area is 251 Å². The van der Waals surface area contributed by atoms with E-state index in [-0.39, 0.29) is 30.3 Å². The smallest absolute Gasteiger partial charge is 0.259 e. The molecule has 0 aliphatic carbocycles. The van der Waals surface area contributed by atoms with Crippen LogP contribution < -0.4 is 15.7 Å². The molecule has 0 radical (unpaired) electrons. The van der Waals surface area contributed by atoms with Gasteiger partial charge in [0.15, 0.2) is 6.23 Å². The largest absolute Gasteiger partial charge is 0.374 e. The Morgan fingerprint density at radius 2 is 1.74 bits per heavy atom. The number of rotatable bonds is 9. The number of hydrogen-bond acceptors (Lipinski definition) is 7. The number of nitrogens with one attached hydrogen (secondary N) is 1. The molecule has 1 unspecified atom stereocenters. The zero-order valence-electron chi connectivity index (χ0n) is 24.9. The summed E-state index contributed by atoms with van der Waals surface area (Å²) in [7, 11) is -1.69. The van der Waals surface area contributed by atoms with Crippen LogP contribution in [0.3, 0.4) is 0 Å². The lowest BCUT2D eigenvalue weighted by Crippen LogP contribution is -2.58. The van der Waals surface area contributed by atoms with Crippen molar-refractivity contribution in [2.45, 2.75) is 82.4 Å². The third kappa shape index (κ3) is 5.41. The van der Waals surface area contributed by atoms with Crippen LogP contribution >= 0.6 is 8.53 Å². The highest BCUT2D eigenvalue weighted by Crippen LogP contribution is 2.58. The first-order valence-corrected chi connectivity index (χ1v) is 18.8. The van der Waals surface area contributed by atoms with Crippen LogP contribution in [0, 0.1) is 0 Å².